The van der Waals surface area contributed by atoms with Crippen molar-refractivity contribution in [3.8, 4) is 0 Å². The second-order valence-corrected chi connectivity index (χ2v) is 1.34. The Morgan fingerprint density at radius 1 is 0.545 bits per heavy atom. The van der Waals surface area contributed by atoms with Crippen molar-refractivity contribution in [1.29, 1.82) is 0 Å². The van der Waals surface area contributed by atoms with E-state index in [1.165, 1.54) is 0 Å². The molecule has 0 fully saturated rings. The predicted octanol–water partition coefficient (Wildman–Crippen LogP) is 2.31. The van der Waals surface area contributed by atoms with Gasteiger partial charge in [-0.1, -0.05) is 0 Å². The fourth-order valence-corrected chi connectivity index (χ4v) is 0. The quantitative estimate of drug-likeness (QED) is 0.420. The van der Waals surface area contributed by atoms with Crippen LogP contribution in [0.4, 0.5) is 0 Å². The molecule has 0 amide bonds. The van der Waals surface area contributed by atoms with E-state index >= 15 is 0 Å². The smallest absolute Gasteiger partial charge is 0.668 e. The first-order valence-electron chi connectivity index (χ1n) is 2.68. The molecule has 0 radical (unpaired) electrons. The molecule has 0 aromatic heterocycles. The van der Waals surface area contributed by atoms with Crippen LogP contribution in [0.15, 0.2) is 0 Å². The van der Waals surface area contributed by atoms with Gasteiger partial charge < -0.3 is 23.4 Å². The fraction of sp³-hybridized carbons (Fsp3) is 0.857. The van der Waals surface area contributed by atoms with Gasteiger partial charge in [-0.15, -0.1) is 0 Å². The minimum atomic E-state index is 0. The normalized spacial score (nSPS) is 4.91. The molecule has 0 heterocycles. The van der Waals surface area contributed by atoms with Crippen molar-refractivity contribution >= 4 is 0 Å². The Bertz CT molecular complexity index is 18.4. The van der Waals surface area contributed by atoms with Crippen molar-refractivity contribution in [2.45, 2.75) is 0 Å². The van der Waals surface area contributed by atoms with E-state index in [1.54, 1.807) is 42.3 Å². The Morgan fingerprint density at radius 2 is 0.545 bits per heavy atom. The summed E-state index contributed by atoms with van der Waals surface area (Å²) in [5.41, 5.74) is 0. The van der Waals surface area contributed by atoms with Gasteiger partial charge in [0.2, 0.25) is 0 Å². The standard InChI is InChI=1S/3C2H6N.CH3.Ti/c3*1-3-2;;/h3*1-2H3;1H3;/q4*-1;+4. The summed E-state index contributed by atoms with van der Waals surface area (Å²) in [4.78, 5) is 0. The molecule has 0 aliphatic heterocycles. The first-order chi connectivity index (χ1) is 4.24. The van der Waals surface area contributed by atoms with Crippen LogP contribution in [0.1, 0.15) is 0 Å². The maximum atomic E-state index is 3.50. The Hall–Kier alpha value is 0.594. The van der Waals surface area contributed by atoms with Crippen molar-refractivity contribution in [2.24, 2.45) is 0 Å². The van der Waals surface area contributed by atoms with Crippen LogP contribution in [0, 0.1) is 7.43 Å². The van der Waals surface area contributed by atoms with E-state index in [2.05, 4.69) is 16.0 Å². The van der Waals surface area contributed by atoms with Gasteiger partial charge in [0.25, 0.3) is 0 Å². The Balaban J connectivity index is -0.0000000150. The second kappa shape index (κ2) is 75.5. The largest absolute Gasteiger partial charge is 4.00 e. The van der Waals surface area contributed by atoms with Crippen molar-refractivity contribution in [2.75, 3.05) is 42.3 Å². The summed E-state index contributed by atoms with van der Waals surface area (Å²) < 4.78 is 0. The van der Waals surface area contributed by atoms with E-state index in [0.29, 0.717) is 0 Å². The summed E-state index contributed by atoms with van der Waals surface area (Å²) in [7, 11) is 10.5. The number of rotatable bonds is 0. The molecule has 0 saturated carbocycles. The molecule has 0 atom stereocenters. The molecule has 0 bridgehead atoms. The number of hydrogen-bond donors (Lipinski definition) is 0. The first-order valence-corrected chi connectivity index (χ1v) is 2.68. The van der Waals surface area contributed by atoms with Crippen LogP contribution < -0.4 is 0 Å². The van der Waals surface area contributed by atoms with Crippen LogP contribution in [0.5, 0.6) is 0 Å². The van der Waals surface area contributed by atoms with Gasteiger partial charge in [-0.25, -0.2) is 0 Å². The van der Waals surface area contributed by atoms with Gasteiger partial charge in [0.05, 0.1) is 0 Å². The zero-order valence-electron chi connectivity index (χ0n) is 8.84. The molecule has 4 heteroatoms. The van der Waals surface area contributed by atoms with Crippen molar-refractivity contribution in [1.82, 2.24) is 0 Å². The van der Waals surface area contributed by atoms with Crippen LogP contribution in [0.25, 0.3) is 16.0 Å². The predicted molar refractivity (Wildman–Crippen MR) is 52.0 cm³/mol. The molecule has 0 aliphatic rings. The van der Waals surface area contributed by atoms with Crippen LogP contribution in [0.3, 0.4) is 0 Å². The Kier molecular flexibility index (Phi) is 205. The van der Waals surface area contributed by atoms with E-state index in [0.717, 1.165) is 0 Å². The summed E-state index contributed by atoms with van der Waals surface area (Å²) in [6.07, 6.45) is 0. The minimum Gasteiger partial charge on any atom is -0.668 e. The van der Waals surface area contributed by atoms with Crippen molar-refractivity contribution in [3.63, 3.8) is 0 Å². The first kappa shape index (κ1) is 29.9. The molecule has 0 spiro atoms. The van der Waals surface area contributed by atoms with Crippen LogP contribution >= 0.6 is 0 Å². The van der Waals surface area contributed by atoms with E-state index in [4.69, 9.17) is 0 Å². The summed E-state index contributed by atoms with van der Waals surface area (Å²) in [5.74, 6) is 0. The van der Waals surface area contributed by atoms with Crippen molar-refractivity contribution < 1.29 is 21.7 Å². The van der Waals surface area contributed by atoms with Gasteiger partial charge in [0.15, 0.2) is 0 Å². The van der Waals surface area contributed by atoms with Crippen molar-refractivity contribution in [3.05, 3.63) is 23.4 Å². The van der Waals surface area contributed by atoms with Gasteiger partial charge in [0.1, 0.15) is 0 Å². The molecule has 0 saturated heterocycles. The molecular formula is C7H21N3Ti. The topological polar surface area (TPSA) is 42.3 Å². The second-order valence-electron chi connectivity index (χ2n) is 1.34. The summed E-state index contributed by atoms with van der Waals surface area (Å²) in [5, 5.41) is 10.5. The molecule has 11 heavy (non-hydrogen) atoms. The summed E-state index contributed by atoms with van der Waals surface area (Å²) in [6, 6.07) is 0. The van der Waals surface area contributed by atoms with E-state index in [1.807, 2.05) is 0 Å². The zero-order chi connectivity index (χ0) is 8.12. The van der Waals surface area contributed by atoms with E-state index < -0.39 is 0 Å². The number of nitrogens with zero attached hydrogens (tertiary/aromatic N) is 3. The third-order valence-electron chi connectivity index (χ3n) is 0. The van der Waals surface area contributed by atoms with Gasteiger partial charge in [0, 0.05) is 0 Å². The van der Waals surface area contributed by atoms with E-state index in [9.17, 15) is 0 Å². The molecule has 0 aromatic rings. The molecule has 0 aliphatic carbocycles. The molecule has 68 valence electrons. The summed E-state index contributed by atoms with van der Waals surface area (Å²) >= 11 is 0. The van der Waals surface area contributed by atoms with Crippen LogP contribution in [-0.2, 0) is 21.7 Å². The van der Waals surface area contributed by atoms with Gasteiger partial charge in [-0.05, 0) is 0 Å². The average molecular weight is 195 g/mol. The molecule has 0 rings (SSSR count). The molecule has 0 unspecified atom stereocenters. The zero-order valence-corrected chi connectivity index (χ0v) is 10.4. The van der Waals surface area contributed by atoms with Gasteiger partial charge in [-0.2, -0.15) is 42.3 Å². The summed E-state index contributed by atoms with van der Waals surface area (Å²) in [6.45, 7) is 0. The number of hydrogen-bond acceptors (Lipinski definition) is 0. The van der Waals surface area contributed by atoms with Crippen LogP contribution in [-0.4, -0.2) is 42.3 Å². The maximum absolute atomic E-state index is 3.50. The Labute approximate surface area is 87.6 Å². The minimum absolute atomic E-state index is 0. The molecule has 0 N–H and O–H groups in total. The average Bonchev–Trinajstić information content (AvgIpc) is 1.70. The van der Waals surface area contributed by atoms with Crippen LogP contribution in [0.2, 0.25) is 0 Å². The SMILES string of the molecule is C[N-]C.C[N-]C.C[N-]C.[CH3-].[Ti+4]. The third kappa shape index (κ3) is 2220. The molecule has 3 nitrogen and oxygen atoms in total. The maximum Gasteiger partial charge on any atom is 4.00 e. The van der Waals surface area contributed by atoms with E-state index in [-0.39, 0.29) is 29.1 Å². The fourth-order valence-electron chi connectivity index (χ4n) is 0. The Morgan fingerprint density at radius 3 is 0.545 bits per heavy atom. The van der Waals surface area contributed by atoms with Gasteiger partial charge >= 0.3 is 21.7 Å². The third-order valence-corrected chi connectivity index (χ3v) is 0. The van der Waals surface area contributed by atoms with Gasteiger partial charge in [-0.3, -0.25) is 0 Å². The molecular weight excluding hydrogens is 174 g/mol. The molecule has 0 aromatic carbocycles. The monoisotopic (exact) mass is 195 g/mol.